The number of anilines is 3. The van der Waals surface area contributed by atoms with Crippen molar-refractivity contribution in [3.63, 3.8) is 0 Å². The van der Waals surface area contributed by atoms with Crippen LogP contribution in [0.3, 0.4) is 0 Å². The molecule has 13 rings (SSSR count). The van der Waals surface area contributed by atoms with Crippen LogP contribution in [0.25, 0.3) is 109 Å². The predicted octanol–water partition coefficient (Wildman–Crippen LogP) is 17.8. The lowest BCUT2D eigenvalue weighted by Gasteiger charge is -2.28. The number of fused-ring (bicyclic) bond motifs is 11. The van der Waals surface area contributed by atoms with Gasteiger partial charge in [0.2, 0.25) is 0 Å². The van der Waals surface area contributed by atoms with E-state index in [0.717, 1.165) is 55.5 Å². The molecule has 13 aromatic rings. The first-order valence-electron chi connectivity index (χ1n) is 22.0. The Bertz CT molecular complexity index is 3960. The lowest BCUT2D eigenvalue weighted by molar-refractivity contribution is 0.672. The molecule has 0 bridgehead atoms. The van der Waals surface area contributed by atoms with Crippen molar-refractivity contribution in [3.8, 4) is 33.4 Å². The molecule has 0 spiro atoms. The van der Waals surface area contributed by atoms with Gasteiger partial charge in [-0.1, -0.05) is 188 Å². The Morgan fingerprint density at radius 1 is 0.266 bits per heavy atom. The van der Waals surface area contributed by atoms with E-state index in [1.54, 1.807) is 0 Å². The first-order valence-corrected chi connectivity index (χ1v) is 22.0. The summed E-state index contributed by atoms with van der Waals surface area (Å²) in [5, 5.41) is 14.3. The van der Waals surface area contributed by atoms with Gasteiger partial charge < -0.3 is 9.32 Å². The van der Waals surface area contributed by atoms with Gasteiger partial charge in [0.1, 0.15) is 11.2 Å². The Kier molecular flexibility index (Phi) is 8.25. The van der Waals surface area contributed by atoms with Crippen LogP contribution in [0.5, 0.6) is 0 Å². The van der Waals surface area contributed by atoms with Crippen LogP contribution in [0.2, 0.25) is 0 Å². The lowest BCUT2D eigenvalue weighted by Crippen LogP contribution is -2.10. The van der Waals surface area contributed by atoms with Gasteiger partial charge in [-0.15, -0.1) is 0 Å². The lowest BCUT2D eigenvalue weighted by atomic mass is 9.84. The molecule has 0 saturated carbocycles. The van der Waals surface area contributed by atoms with Crippen molar-refractivity contribution in [3.05, 3.63) is 237 Å². The summed E-state index contributed by atoms with van der Waals surface area (Å²) in [4.78, 5) is 2.42. The van der Waals surface area contributed by atoms with Crippen molar-refractivity contribution in [2.75, 3.05) is 4.90 Å². The van der Waals surface area contributed by atoms with Gasteiger partial charge in [0.15, 0.2) is 0 Å². The zero-order valence-corrected chi connectivity index (χ0v) is 34.9. The number of hydrogen-bond acceptors (Lipinski definition) is 2. The Labute approximate surface area is 370 Å². The molecule has 0 atom stereocenters. The van der Waals surface area contributed by atoms with E-state index in [2.05, 4.69) is 241 Å². The second kappa shape index (κ2) is 14.6. The summed E-state index contributed by atoms with van der Waals surface area (Å²) in [6, 6.07) is 86.1. The highest BCUT2D eigenvalue weighted by molar-refractivity contribution is 6.22. The second-order valence-electron chi connectivity index (χ2n) is 16.8. The van der Waals surface area contributed by atoms with Crippen LogP contribution < -0.4 is 4.90 Å². The van der Waals surface area contributed by atoms with Crippen molar-refractivity contribution >= 4 is 92.9 Å². The molecule has 0 fully saturated rings. The maximum absolute atomic E-state index is 6.81. The van der Waals surface area contributed by atoms with Crippen LogP contribution in [-0.2, 0) is 0 Å². The summed E-state index contributed by atoms with van der Waals surface area (Å²) in [7, 11) is 0. The van der Waals surface area contributed by atoms with Crippen LogP contribution >= 0.6 is 0 Å². The monoisotopic (exact) mass is 813 g/mol. The first kappa shape index (κ1) is 36.2. The summed E-state index contributed by atoms with van der Waals surface area (Å²) >= 11 is 0. The highest BCUT2D eigenvalue weighted by Crippen LogP contribution is 2.48. The normalized spacial score (nSPS) is 11.8. The van der Waals surface area contributed by atoms with Crippen LogP contribution in [-0.4, -0.2) is 0 Å². The van der Waals surface area contributed by atoms with Gasteiger partial charge in [0, 0.05) is 39.0 Å². The zero-order valence-electron chi connectivity index (χ0n) is 34.9. The third-order valence-corrected chi connectivity index (χ3v) is 13.2. The van der Waals surface area contributed by atoms with Crippen molar-refractivity contribution in [2.45, 2.75) is 0 Å². The van der Waals surface area contributed by atoms with E-state index in [-0.39, 0.29) is 0 Å². The average molecular weight is 814 g/mol. The molecule has 0 unspecified atom stereocenters. The van der Waals surface area contributed by atoms with E-state index in [0.29, 0.717) is 0 Å². The molecule has 1 aromatic heterocycles. The molecule has 0 saturated heterocycles. The number of hydrogen-bond donors (Lipinski definition) is 0. The fraction of sp³-hybridized carbons (Fsp3) is 0. The van der Waals surface area contributed by atoms with Crippen molar-refractivity contribution < 1.29 is 4.42 Å². The second-order valence-corrected chi connectivity index (χ2v) is 16.8. The predicted molar refractivity (Wildman–Crippen MR) is 272 cm³/mol. The molecular formula is C62H39NO. The van der Waals surface area contributed by atoms with E-state index in [4.69, 9.17) is 4.42 Å². The molecule has 0 aliphatic heterocycles. The average Bonchev–Trinajstić information content (AvgIpc) is 3.75. The van der Waals surface area contributed by atoms with Gasteiger partial charge in [-0.3, -0.25) is 0 Å². The first-order chi connectivity index (χ1) is 31.7. The largest absolute Gasteiger partial charge is 0.455 e. The number of benzene rings is 12. The van der Waals surface area contributed by atoms with Crippen LogP contribution in [0, 0.1) is 0 Å². The molecule has 1 heterocycles. The summed E-state index contributed by atoms with van der Waals surface area (Å²) < 4.78 is 6.81. The molecular weight excluding hydrogens is 775 g/mol. The Morgan fingerprint density at radius 2 is 0.797 bits per heavy atom. The van der Waals surface area contributed by atoms with Crippen molar-refractivity contribution in [1.82, 2.24) is 0 Å². The molecule has 12 aromatic carbocycles. The minimum atomic E-state index is 0.861. The SMILES string of the molecule is c1ccc(-c2c(-c3ccccc3)c3cc(-c4cccc(N(c5ccc6c(c5)oc5c7ccccc7ccc65)c5cc6ccccc6c6ccccc56)c4)ccc3c3ccccc23)cc1. The quantitative estimate of drug-likeness (QED) is 0.156. The highest BCUT2D eigenvalue weighted by Gasteiger charge is 2.22. The number of rotatable bonds is 6. The number of furan rings is 1. The maximum Gasteiger partial charge on any atom is 0.143 e. The molecule has 0 radical (unpaired) electrons. The van der Waals surface area contributed by atoms with Gasteiger partial charge in [0.05, 0.1) is 5.69 Å². The molecule has 2 nitrogen and oxygen atoms in total. The maximum atomic E-state index is 6.81. The summed E-state index contributed by atoms with van der Waals surface area (Å²) in [6.07, 6.45) is 0. The van der Waals surface area contributed by atoms with Crippen LogP contribution in [0.1, 0.15) is 0 Å². The standard InChI is InChI=1S/C62H39NO/c1-3-17-41(18-4-1)60-55-29-14-12-27-51(55)52-33-31-44(37-57(52)61(60)42-19-5-2-6-20-42)43-22-15-23-46(36-43)63(58-38-45-21-8-9-24-48(45)50-26-11-13-28-53(50)58)47-32-35-54-56-34-30-40-16-7-10-25-49(40)62(56)64-59(54)39-47/h1-39H. The summed E-state index contributed by atoms with van der Waals surface area (Å²) in [5.41, 5.74) is 12.2. The highest BCUT2D eigenvalue weighted by atomic mass is 16.3. The van der Waals surface area contributed by atoms with Crippen LogP contribution in [0.4, 0.5) is 17.1 Å². The van der Waals surface area contributed by atoms with E-state index >= 15 is 0 Å². The summed E-state index contributed by atoms with van der Waals surface area (Å²) in [5.74, 6) is 0. The van der Waals surface area contributed by atoms with Crippen molar-refractivity contribution in [2.24, 2.45) is 0 Å². The summed E-state index contributed by atoms with van der Waals surface area (Å²) in [6.45, 7) is 0. The molecule has 0 N–H and O–H groups in total. The minimum absolute atomic E-state index is 0.861. The topological polar surface area (TPSA) is 16.4 Å². The molecule has 298 valence electrons. The minimum Gasteiger partial charge on any atom is -0.455 e. The van der Waals surface area contributed by atoms with Gasteiger partial charge in [0.25, 0.3) is 0 Å². The van der Waals surface area contributed by atoms with Gasteiger partial charge in [-0.25, -0.2) is 0 Å². The molecule has 2 heteroatoms. The van der Waals surface area contributed by atoms with Gasteiger partial charge in [-0.05, 0) is 119 Å². The van der Waals surface area contributed by atoms with E-state index in [1.807, 2.05) is 0 Å². The van der Waals surface area contributed by atoms with Crippen molar-refractivity contribution in [1.29, 1.82) is 0 Å². The van der Waals surface area contributed by atoms with E-state index < -0.39 is 0 Å². The number of nitrogens with zero attached hydrogens (tertiary/aromatic N) is 1. The fourth-order valence-corrected chi connectivity index (χ4v) is 10.3. The van der Waals surface area contributed by atoms with E-state index in [1.165, 1.54) is 70.7 Å². The molecule has 0 aliphatic carbocycles. The molecule has 0 aliphatic rings. The third kappa shape index (κ3) is 5.73. The molecule has 0 amide bonds. The third-order valence-electron chi connectivity index (χ3n) is 13.2. The Balaban J connectivity index is 1.05. The zero-order chi connectivity index (χ0) is 42.1. The van der Waals surface area contributed by atoms with Crippen LogP contribution in [0.15, 0.2) is 241 Å². The Morgan fingerprint density at radius 3 is 1.56 bits per heavy atom. The van der Waals surface area contributed by atoms with Gasteiger partial charge in [-0.2, -0.15) is 0 Å². The van der Waals surface area contributed by atoms with E-state index in [9.17, 15) is 0 Å². The van der Waals surface area contributed by atoms with Gasteiger partial charge >= 0.3 is 0 Å². The molecule has 64 heavy (non-hydrogen) atoms. The Hall–Kier alpha value is -8.46. The fourth-order valence-electron chi connectivity index (χ4n) is 10.3. The smallest absolute Gasteiger partial charge is 0.143 e.